The summed E-state index contributed by atoms with van der Waals surface area (Å²) in [6, 6.07) is 6.24. The van der Waals surface area contributed by atoms with E-state index in [4.69, 9.17) is 0 Å². The molecule has 4 N–H and O–H groups in total. The molecule has 0 spiro atoms. The molecule has 1 saturated heterocycles. The maximum Gasteiger partial charge on any atom is 0.345 e. The highest BCUT2D eigenvalue weighted by molar-refractivity contribution is 5.98. The predicted octanol–water partition coefficient (Wildman–Crippen LogP) is 3.03. The van der Waals surface area contributed by atoms with Crippen molar-refractivity contribution in [3.05, 3.63) is 47.4 Å². The first-order valence-corrected chi connectivity index (χ1v) is 13.1. The first-order valence-electron chi connectivity index (χ1n) is 13.1. The van der Waals surface area contributed by atoms with E-state index >= 15 is 0 Å². The van der Waals surface area contributed by atoms with E-state index in [0.717, 1.165) is 18.4 Å². The van der Waals surface area contributed by atoms with Crippen molar-refractivity contribution in [2.75, 3.05) is 43.4 Å². The van der Waals surface area contributed by atoms with Gasteiger partial charge < -0.3 is 25.8 Å². The Morgan fingerprint density at radius 2 is 1.89 bits per heavy atom. The molecule has 9 nitrogen and oxygen atoms in total. The van der Waals surface area contributed by atoms with Crippen LogP contribution in [-0.2, 0) is 11.2 Å². The van der Waals surface area contributed by atoms with Gasteiger partial charge in [0.1, 0.15) is 17.2 Å². The number of aromatic nitrogens is 2. The number of nitrogens with zero attached hydrogens (tertiary/aromatic N) is 3. The number of hydrogen-bond donors (Lipinski definition) is 4. The molecule has 2 fully saturated rings. The fraction of sp³-hybridized carbons (Fsp3) is 0.577. The van der Waals surface area contributed by atoms with Gasteiger partial charge in [0.25, 0.3) is 5.91 Å². The van der Waals surface area contributed by atoms with Crippen LogP contribution in [0, 0.1) is 5.82 Å². The molecule has 38 heavy (non-hydrogen) atoms. The Balaban J connectivity index is 1.37. The van der Waals surface area contributed by atoms with E-state index in [-0.39, 0.29) is 36.5 Å². The smallest absolute Gasteiger partial charge is 0.345 e. The molecule has 1 aromatic heterocycles. The average molecular weight is 537 g/mol. The lowest BCUT2D eigenvalue weighted by Gasteiger charge is -2.27. The number of carbonyl (C=O) groups is 1. The van der Waals surface area contributed by atoms with Crippen LogP contribution in [0.4, 0.5) is 24.9 Å². The van der Waals surface area contributed by atoms with Crippen LogP contribution in [0.1, 0.15) is 48.0 Å². The third-order valence-electron chi connectivity index (χ3n) is 6.94. The number of alkyl halides is 2. The maximum atomic E-state index is 13.2. The molecule has 4 rings (SSSR count). The monoisotopic (exact) mass is 536 g/mol. The van der Waals surface area contributed by atoms with Gasteiger partial charge in [0.2, 0.25) is 5.95 Å². The van der Waals surface area contributed by atoms with E-state index < -0.39 is 6.61 Å². The van der Waals surface area contributed by atoms with Gasteiger partial charge in [0.05, 0.1) is 12.7 Å². The molecular weight excluding hydrogens is 501 g/mol. The molecule has 0 radical (unpaired) electrons. The highest BCUT2D eigenvalue weighted by Gasteiger charge is 2.27. The van der Waals surface area contributed by atoms with E-state index in [2.05, 4.69) is 30.7 Å². The molecule has 2 aromatic rings. The Bertz CT molecular complexity index is 1040. The number of amides is 1. The number of nitrogens with one attached hydrogen (secondary N) is 3. The van der Waals surface area contributed by atoms with E-state index in [1.165, 1.54) is 18.3 Å². The van der Waals surface area contributed by atoms with Gasteiger partial charge >= 0.3 is 6.61 Å². The van der Waals surface area contributed by atoms with Gasteiger partial charge in [-0.25, -0.2) is 9.37 Å². The van der Waals surface area contributed by atoms with Gasteiger partial charge in [-0.1, -0.05) is 12.1 Å². The number of anilines is 2. The second kappa shape index (κ2) is 13.7. The van der Waals surface area contributed by atoms with Crippen molar-refractivity contribution >= 4 is 17.7 Å². The topological polar surface area (TPSA) is 112 Å². The van der Waals surface area contributed by atoms with Crippen molar-refractivity contribution < 1.29 is 27.8 Å². The maximum absolute atomic E-state index is 13.2. The minimum Gasteiger partial charge on any atom is -0.393 e. The lowest BCUT2D eigenvalue weighted by atomic mass is 9.93. The van der Waals surface area contributed by atoms with Gasteiger partial charge in [-0.05, 0) is 56.2 Å². The number of carbonyl (C=O) groups excluding carboxylic acids is 1. The number of aliphatic hydroxyl groups excluding tert-OH is 1. The third kappa shape index (κ3) is 8.53. The number of halogens is 3. The number of aliphatic hydroxyl groups is 1. The van der Waals surface area contributed by atoms with E-state index in [0.29, 0.717) is 69.2 Å². The Morgan fingerprint density at radius 3 is 2.63 bits per heavy atom. The molecule has 208 valence electrons. The molecule has 1 amide bonds. The molecule has 1 aliphatic carbocycles. The standard InChI is InChI=1S/C26H35F3N6O3/c27-18-3-1-17(2-4-18)9-11-30-26-31-15-22(23(34-26)32-19-5-7-21(36)8-6-19)24(37)33-20-10-12-35(16-20)13-14-38-25(28)29/h1-4,15,19-21,25,36H,5-14,16H2,(H,33,37)(H2,30,31,32,34)/t19-,20-,21-/m0/s1. The van der Waals surface area contributed by atoms with Gasteiger partial charge in [0.15, 0.2) is 0 Å². The van der Waals surface area contributed by atoms with Crippen molar-refractivity contribution in [3.8, 4) is 0 Å². The zero-order chi connectivity index (χ0) is 26.9. The fourth-order valence-electron chi connectivity index (χ4n) is 4.81. The summed E-state index contributed by atoms with van der Waals surface area (Å²) >= 11 is 0. The number of ether oxygens (including phenoxy) is 1. The van der Waals surface area contributed by atoms with Crippen LogP contribution in [0.3, 0.4) is 0 Å². The first-order chi connectivity index (χ1) is 18.4. The normalized spacial score (nSPS) is 22.0. The first kappa shape index (κ1) is 28.1. The number of likely N-dealkylation sites (tertiary alicyclic amines) is 1. The SMILES string of the molecule is O=C(N[C@H]1CCN(CCOC(F)F)C1)c1cnc(NCCc2ccc(F)cc2)nc1N[C@H]1CC[C@H](O)CC1. The Hall–Kier alpha value is -2.96. The van der Waals surface area contributed by atoms with Crippen LogP contribution in [-0.4, -0.2) is 83.5 Å². The van der Waals surface area contributed by atoms with Crippen LogP contribution < -0.4 is 16.0 Å². The number of benzene rings is 1. The van der Waals surface area contributed by atoms with Crippen molar-refractivity contribution in [1.82, 2.24) is 20.2 Å². The van der Waals surface area contributed by atoms with E-state index in [1.54, 1.807) is 12.1 Å². The molecular formula is C26H35F3N6O3. The highest BCUT2D eigenvalue weighted by atomic mass is 19.3. The van der Waals surface area contributed by atoms with Crippen LogP contribution in [0.15, 0.2) is 30.5 Å². The minimum atomic E-state index is -2.79. The molecule has 1 aliphatic heterocycles. The molecule has 0 bridgehead atoms. The zero-order valence-electron chi connectivity index (χ0n) is 21.2. The van der Waals surface area contributed by atoms with Crippen LogP contribution >= 0.6 is 0 Å². The van der Waals surface area contributed by atoms with Gasteiger partial charge in [0, 0.05) is 44.5 Å². The predicted molar refractivity (Wildman–Crippen MR) is 137 cm³/mol. The molecule has 1 saturated carbocycles. The lowest BCUT2D eigenvalue weighted by Crippen LogP contribution is -2.38. The number of hydrogen-bond acceptors (Lipinski definition) is 8. The average Bonchev–Trinajstić information content (AvgIpc) is 3.33. The molecule has 12 heteroatoms. The Kier molecular flexibility index (Phi) is 10.1. The summed E-state index contributed by atoms with van der Waals surface area (Å²) in [5.41, 5.74) is 1.29. The lowest BCUT2D eigenvalue weighted by molar-refractivity contribution is -0.131. The molecule has 2 aliphatic rings. The van der Waals surface area contributed by atoms with Gasteiger partial charge in [-0.3, -0.25) is 9.69 Å². The van der Waals surface area contributed by atoms with Crippen LogP contribution in [0.5, 0.6) is 0 Å². The summed E-state index contributed by atoms with van der Waals surface area (Å²) in [6.07, 6.45) is 5.42. The summed E-state index contributed by atoms with van der Waals surface area (Å²) in [6.45, 7) is -0.720. The summed E-state index contributed by atoms with van der Waals surface area (Å²) in [4.78, 5) is 24.1. The number of rotatable bonds is 12. The largest absolute Gasteiger partial charge is 0.393 e. The molecule has 0 unspecified atom stereocenters. The van der Waals surface area contributed by atoms with Crippen LogP contribution in [0.25, 0.3) is 0 Å². The van der Waals surface area contributed by atoms with Gasteiger partial charge in [-0.15, -0.1) is 0 Å². The molecule has 2 heterocycles. The van der Waals surface area contributed by atoms with Crippen LogP contribution in [0.2, 0.25) is 0 Å². The minimum absolute atomic E-state index is 0.0635. The van der Waals surface area contributed by atoms with Crippen molar-refractivity contribution in [1.29, 1.82) is 0 Å². The summed E-state index contributed by atoms with van der Waals surface area (Å²) in [5.74, 6) is 0.198. The van der Waals surface area contributed by atoms with Crippen molar-refractivity contribution in [2.24, 2.45) is 0 Å². The van der Waals surface area contributed by atoms with Crippen molar-refractivity contribution in [2.45, 2.75) is 63.3 Å². The molecule has 1 aromatic carbocycles. The Morgan fingerprint density at radius 1 is 1.13 bits per heavy atom. The second-order valence-corrected chi connectivity index (χ2v) is 9.80. The third-order valence-corrected chi connectivity index (χ3v) is 6.94. The van der Waals surface area contributed by atoms with E-state index in [9.17, 15) is 23.1 Å². The Labute approximate surface area is 220 Å². The summed E-state index contributed by atoms with van der Waals surface area (Å²) in [5, 5.41) is 19.4. The second-order valence-electron chi connectivity index (χ2n) is 9.80. The summed E-state index contributed by atoms with van der Waals surface area (Å²) < 4.78 is 41.9. The zero-order valence-corrected chi connectivity index (χ0v) is 21.2. The van der Waals surface area contributed by atoms with E-state index in [1.807, 2.05) is 4.90 Å². The van der Waals surface area contributed by atoms with Gasteiger partial charge in [-0.2, -0.15) is 13.8 Å². The summed E-state index contributed by atoms with van der Waals surface area (Å²) in [7, 11) is 0. The quantitative estimate of drug-likeness (QED) is 0.328. The highest BCUT2D eigenvalue weighted by Crippen LogP contribution is 2.24. The fourth-order valence-corrected chi connectivity index (χ4v) is 4.81. The molecule has 1 atom stereocenters. The van der Waals surface area contributed by atoms with Crippen molar-refractivity contribution in [3.63, 3.8) is 0 Å².